The summed E-state index contributed by atoms with van der Waals surface area (Å²) in [5.41, 5.74) is 0. The molecule has 0 bridgehead atoms. The van der Waals surface area contributed by atoms with Gasteiger partial charge in [-0.1, -0.05) is 12.8 Å². The SMILES string of the molecule is NS(=O)(=O)c1ccc(S(=O)(=O)NCC2CCCC2)cc1. The van der Waals surface area contributed by atoms with Crippen LogP contribution in [0.4, 0.5) is 0 Å². The van der Waals surface area contributed by atoms with Crippen LogP contribution in [0.3, 0.4) is 0 Å². The Morgan fingerprint density at radius 3 is 2.00 bits per heavy atom. The van der Waals surface area contributed by atoms with Gasteiger partial charge in [-0.05, 0) is 43.0 Å². The molecular formula is C12H18N2O4S2. The zero-order valence-electron chi connectivity index (χ0n) is 10.9. The molecule has 0 unspecified atom stereocenters. The summed E-state index contributed by atoms with van der Waals surface area (Å²) in [7, 11) is -7.40. The summed E-state index contributed by atoms with van der Waals surface area (Å²) in [6.07, 6.45) is 4.39. The maximum absolute atomic E-state index is 12.1. The second-order valence-corrected chi connectivity index (χ2v) is 8.35. The topological polar surface area (TPSA) is 106 Å². The standard InChI is InChI=1S/C12H18N2O4S2/c13-19(15,16)11-5-7-12(8-6-11)20(17,18)14-9-10-3-1-2-4-10/h5-8,10,14H,1-4,9H2,(H2,13,15,16). The Morgan fingerprint density at radius 2 is 1.50 bits per heavy atom. The minimum absolute atomic E-state index is 0.0443. The normalized spacial score (nSPS) is 17.4. The van der Waals surface area contributed by atoms with Gasteiger partial charge in [0.05, 0.1) is 9.79 Å². The highest BCUT2D eigenvalue weighted by Gasteiger charge is 2.20. The minimum atomic E-state index is -3.81. The number of primary sulfonamides is 1. The molecule has 0 radical (unpaired) electrons. The van der Waals surface area contributed by atoms with E-state index in [-0.39, 0.29) is 9.79 Å². The van der Waals surface area contributed by atoms with Crippen LogP contribution in [0.1, 0.15) is 25.7 Å². The molecule has 8 heteroatoms. The highest BCUT2D eigenvalue weighted by atomic mass is 32.2. The van der Waals surface area contributed by atoms with Crippen molar-refractivity contribution in [3.8, 4) is 0 Å². The zero-order valence-corrected chi connectivity index (χ0v) is 12.6. The van der Waals surface area contributed by atoms with Crippen LogP contribution in [0.2, 0.25) is 0 Å². The van der Waals surface area contributed by atoms with Crippen LogP contribution in [0.15, 0.2) is 34.1 Å². The van der Waals surface area contributed by atoms with E-state index in [4.69, 9.17) is 5.14 Å². The van der Waals surface area contributed by atoms with Crippen molar-refractivity contribution in [1.29, 1.82) is 0 Å². The van der Waals surface area contributed by atoms with Crippen molar-refractivity contribution in [3.63, 3.8) is 0 Å². The van der Waals surface area contributed by atoms with Crippen molar-refractivity contribution in [2.24, 2.45) is 11.1 Å². The summed E-state index contributed by atoms with van der Waals surface area (Å²) in [4.78, 5) is -0.0601. The quantitative estimate of drug-likeness (QED) is 0.837. The lowest BCUT2D eigenvalue weighted by Crippen LogP contribution is -2.28. The van der Waals surface area contributed by atoms with Crippen LogP contribution in [0.25, 0.3) is 0 Å². The molecule has 20 heavy (non-hydrogen) atoms. The number of nitrogens with two attached hydrogens (primary N) is 1. The van der Waals surface area contributed by atoms with Crippen molar-refractivity contribution < 1.29 is 16.8 Å². The molecule has 6 nitrogen and oxygen atoms in total. The molecule has 0 spiro atoms. The van der Waals surface area contributed by atoms with Gasteiger partial charge in [-0.3, -0.25) is 0 Å². The first kappa shape index (κ1) is 15.4. The van der Waals surface area contributed by atoms with Crippen LogP contribution >= 0.6 is 0 Å². The lowest BCUT2D eigenvalue weighted by Gasteiger charge is -2.11. The van der Waals surface area contributed by atoms with E-state index in [0.29, 0.717) is 12.5 Å². The van der Waals surface area contributed by atoms with Gasteiger partial charge in [-0.2, -0.15) is 0 Å². The Morgan fingerprint density at radius 1 is 1.00 bits per heavy atom. The van der Waals surface area contributed by atoms with Gasteiger partial charge >= 0.3 is 0 Å². The summed E-state index contributed by atoms with van der Waals surface area (Å²) in [5, 5.41) is 4.96. The fraction of sp³-hybridized carbons (Fsp3) is 0.500. The van der Waals surface area contributed by atoms with E-state index >= 15 is 0 Å². The number of rotatable bonds is 5. The van der Waals surface area contributed by atoms with Crippen molar-refractivity contribution in [2.75, 3.05) is 6.54 Å². The van der Waals surface area contributed by atoms with E-state index in [2.05, 4.69) is 4.72 Å². The van der Waals surface area contributed by atoms with Gasteiger partial charge in [0.1, 0.15) is 0 Å². The summed E-state index contributed by atoms with van der Waals surface area (Å²) < 4.78 is 48.9. The predicted octanol–water partition coefficient (Wildman–Crippen LogP) is 0.802. The van der Waals surface area contributed by atoms with Gasteiger partial charge in [-0.25, -0.2) is 26.7 Å². The summed E-state index contributed by atoms with van der Waals surface area (Å²) in [5.74, 6) is 0.397. The molecule has 3 N–H and O–H groups in total. The molecule has 2 rings (SSSR count). The van der Waals surface area contributed by atoms with Crippen LogP contribution < -0.4 is 9.86 Å². The molecule has 0 aromatic heterocycles. The molecule has 0 amide bonds. The number of hydrogen-bond donors (Lipinski definition) is 2. The lowest BCUT2D eigenvalue weighted by molar-refractivity contribution is 0.519. The Hall–Kier alpha value is -0.960. The lowest BCUT2D eigenvalue weighted by atomic mass is 10.1. The molecule has 112 valence electrons. The molecule has 0 heterocycles. The Balaban J connectivity index is 2.09. The number of benzene rings is 1. The molecule has 1 aromatic rings. The van der Waals surface area contributed by atoms with Gasteiger partial charge in [0.25, 0.3) is 0 Å². The molecule has 1 fully saturated rings. The van der Waals surface area contributed by atoms with Gasteiger partial charge in [0, 0.05) is 6.54 Å². The Labute approximate surface area is 119 Å². The van der Waals surface area contributed by atoms with E-state index in [0.717, 1.165) is 25.7 Å². The fourth-order valence-corrected chi connectivity index (χ4v) is 3.97. The van der Waals surface area contributed by atoms with Gasteiger partial charge < -0.3 is 0 Å². The predicted molar refractivity (Wildman–Crippen MR) is 75.0 cm³/mol. The van der Waals surface area contributed by atoms with Crippen molar-refractivity contribution in [2.45, 2.75) is 35.5 Å². The number of nitrogens with one attached hydrogen (secondary N) is 1. The summed E-state index contributed by atoms with van der Waals surface area (Å²) >= 11 is 0. The van der Waals surface area contributed by atoms with E-state index < -0.39 is 20.0 Å². The van der Waals surface area contributed by atoms with Gasteiger partial charge in [0.15, 0.2) is 0 Å². The fourth-order valence-electron chi connectivity index (χ4n) is 2.33. The maximum atomic E-state index is 12.1. The zero-order chi connectivity index (χ0) is 14.8. The van der Waals surface area contributed by atoms with Crippen LogP contribution in [0, 0.1) is 5.92 Å². The highest BCUT2D eigenvalue weighted by Crippen LogP contribution is 2.24. The Bertz CT molecular complexity index is 660. The van der Waals surface area contributed by atoms with Crippen molar-refractivity contribution in [3.05, 3.63) is 24.3 Å². The monoisotopic (exact) mass is 318 g/mol. The smallest absolute Gasteiger partial charge is 0.225 e. The average molecular weight is 318 g/mol. The number of sulfonamides is 2. The van der Waals surface area contributed by atoms with E-state index in [1.54, 1.807) is 0 Å². The largest absolute Gasteiger partial charge is 0.240 e. The second-order valence-electron chi connectivity index (χ2n) is 5.02. The molecule has 0 aliphatic heterocycles. The number of hydrogen-bond acceptors (Lipinski definition) is 4. The first-order valence-electron chi connectivity index (χ1n) is 6.41. The molecule has 1 aromatic carbocycles. The Kier molecular flexibility index (Phi) is 4.48. The molecule has 1 aliphatic carbocycles. The van der Waals surface area contributed by atoms with Crippen LogP contribution in [-0.4, -0.2) is 23.4 Å². The van der Waals surface area contributed by atoms with Gasteiger partial charge in [-0.15, -0.1) is 0 Å². The van der Waals surface area contributed by atoms with E-state index in [1.807, 2.05) is 0 Å². The molecule has 0 atom stereocenters. The molecule has 1 saturated carbocycles. The molecular weight excluding hydrogens is 300 g/mol. The maximum Gasteiger partial charge on any atom is 0.240 e. The third-order valence-corrected chi connectivity index (χ3v) is 5.87. The van der Waals surface area contributed by atoms with Crippen molar-refractivity contribution in [1.82, 2.24) is 4.72 Å². The van der Waals surface area contributed by atoms with Crippen LogP contribution in [0.5, 0.6) is 0 Å². The molecule has 1 aliphatic rings. The van der Waals surface area contributed by atoms with E-state index in [9.17, 15) is 16.8 Å². The highest BCUT2D eigenvalue weighted by molar-refractivity contribution is 7.89. The summed E-state index contributed by atoms with van der Waals surface area (Å²) in [6, 6.07) is 4.88. The third-order valence-electron chi connectivity index (χ3n) is 3.50. The third kappa shape index (κ3) is 3.78. The first-order valence-corrected chi connectivity index (χ1v) is 9.44. The van der Waals surface area contributed by atoms with Crippen LogP contribution in [-0.2, 0) is 20.0 Å². The molecule has 0 saturated heterocycles. The van der Waals surface area contributed by atoms with Gasteiger partial charge in [0.2, 0.25) is 20.0 Å². The first-order chi connectivity index (χ1) is 9.29. The average Bonchev–Trinajstić information content (AvgIpc) is 2.89. The second kappa shape index (κ2) is 5.80. The minimum Gasteiger partial charge on any atom is -0.225 e. The van der Waals surface area contributed by atoms with Crippen molar-refractivity contribution >= 4 is 20.0 Å². The summed E-state index contributed by atoms with van der Waals surface area (Å²) in [6.45, 7) is 0.430. The van der Waals surface area contributed by atoms with E-state index in [1.165, 1.54) is 24.3 Å².